The zero-order valence-corrected chi connectivity index (χ0v) is 8.10. The molecule has 0 amide bonds. The molecule has 0 aliphatic carbocycles. The molecular formula is C9H14N2S. The maximum atomic E-state index is 5.71. The molecule has 0 aliphatic heterocycles. The van der Waals surface area contributed by atoms with E-state index in [1.807, 2.05) is 6.07 Å². The van der Waals surface area contributed by atoms with Crippen LogP contribution < -0.4 is 5.73 Å². The Kier molecular flexibility index (Phi) is 3.80. The molecule has 0 atom stereocenters. The summed E-state index contributed by atoms with van der Waals surface area (Å²) in [5.41, 5.74) is 5.71. The second-order valence-corrected chi connectivity index (χ2v) is 3.66. The lowest BCUT2D eigenvalue weighted by Gasteiger charge is -1.96. The molecule has 2 nitrogen and oxygen atoms in total. The number of nitrogens with two attached hydrogens (primary N) is 1. The largest absolute Gasteiger partial charge is 0.387 e. The van der Waals surface area contributed by atoms with Crippen molar-refractivity contribution < 1.29 is 0 Å². The maximum Gasteiger partial charge on any atom is 0.0989 e. The topological polar surface area (TPSA) is 38.4 Å². The molecule has 1 heterocycles. The summed E-state index contributed by atoms with van der Waals surface area (Å²) in [4.78, 5) is 5.50. The van der Waals surface area contributed by atoms with Gasteiger partial charge < -0.3 is 5.73 Å². The summed E-state index contributed by atoms with van der Waals surface area (Å²) < 4.78 is 0. The Balaban J connectivity index is 2.41. The predicted molar refractivity (Wildman–Crippen MR) is 54.8 cm³/mol. The highest BCUT2D eigenvalue weighted by Crippen LogP contribution is 2.08. The highest BCUT2D eigenvalue weighted by Gasteiger charge is 1.95. The van der Waals surface area contributed by atoms with Crippen LogP contribution >= 0.6 is 11.3 Å². The van der Waals surface area contributed by atoms with Gasteiger partial charge in [-0.25, -0.2) is 0 Å². The van der Waals surface area contributed by atoms with Crippen molar-refractivity contribution in [1.29, 1.82) is 0 Å². The van der Waals surface area contributed by atoms with Gasteiger partial charge in [0, 0.05) is 17.8 Å². The Bertz CT molecular complexity index is 239. The number of amidine groups is 1. The molecule has 0 unspecified atom stereocenters. The first-order chi connectivity index (χ1) is 5.83. The first-order valence-corrected chi connectivity index (χ1v) is 5.02. The van der Waals surface area contributed by atoms with Gasteiger partial charge in [0.1, 0.15) is 0 Å². The van der Waals surface area contributed by atoms with E-state index in [-0.39, 0.29) is 0 Å². The van der Waals surface area contributed by atoms with E-state index in [1.165, 1.54) is 4.88 Å². The fourth-order valence-corrected chi connectivity index (χ4v) is 1.62. The normalized spacial score (nSPS) is 11.9. The van der Waals surface area contributed by atoms with Crippen LogP contribution in [-0.2, 0) is 6.42 Å². The first-order valence-electron chi connectivity index (χ1n) is 4.14. The van der Waals surface area contributed by atoms with E-state index in [0.717, 1.165) is 25.2 Å². The third-order valence-electron chi connectivity index (χ3n) is 1.47. The molecule has 12 heavy (non-hydrogen) atoms. The monoisotopic (exact) mass is 182 g/mol. The maximum absolute atomic E-state index is 5.71. The molecule has 0 aromatic carbocycles. The van der Waals surface area contributed by atoms with Crippen LogP contribution in [0.4, 0.5) is 0 Å². The highest BCUT2D eigenvalue weighted by molar-refractivity contribution is 7.10. The molecule has 66 valence electrons. The van der Waals surface area contributed by atoms with Crippen molar-refractivity contribution in [3.8, 4) is 0 Å². The molecule has 0 bridgehead atoms. The van der Waals surface area contributed by atoms with Gasteiger partial charge in [0.05, 0.1) is 5.84 Å². The Labute approximate surface area is 77.1 Å². The SMILES string of the molecule is CCCN=C(N)Cc1cccs1. The smallest absolute Gasteiger partial charge is 0.0989 e. The highest BCUT2D eigenvalue weighted by atomic mass is 32.1. The van der Waals surface area contributed by atoms with Gasteiger partial charge in [0.15, 0.2) is 0 Å². The minimum Gasteiger partial charge on any atom is -0.387 e. The van der Waals surface area contributed by atoms with E-state index in [9.17, 15) is 0 Å². The van der Waals surface area contributed by atoms with Crippen LogP contribution in [-0.4, -0.2) is 12.4 Å². The molecular weight excluding hydrogens is 168 g/mol. The van der Waals surface area contributed by atoms with Gasteiger partial charge in [0.2, 0.25) is 0 Å². The standard InChI is InChI=1S/C9H14N2S/c1-2-5-11-9(10)7-8-4-3-6-12-8/h3-4,6H,2,5,7H2,1H3,(H2,10,11). The number of rotatable bonds is 4. The summed E-state index contributed by atoms with van der Waals surface area (Å²) in [5, 5.41) is 2.06. The second-order valence-electron chi connectivity index (χ2n) is 2.63. The lowest BCUT2D eigenvalue weighted by Crippen LogP contribution is -2.14. The van der Waals surface area contributed by atoms with Gasteiger partial charge in [-0.05, 0) is 17.9 Å². The summed E-state index contributed by atoms with van der Waals surface area (Å²) in [6.07, 6.45) is 1.86. The van der Waals surface area contributed by atoms with Crippen LogP contribution in [0.25, 0.3) is 0 Å². The van der Waals surface area contributed by atoms with E-state index >= 15 is 0 Å². The van der Waals surface area contributed by atoms with Crippen LogP contribution in [0.5, 0.6) is 0 Å². The molecule has 0 saturated heterocycles. The van der Waals surface area contributed by atoms with Crippen LogP contribution in [0, 0.1) is 0 Å². The summed E-state index contributed by atoms with van der Waals surface area (Å²) in [5.74, 6) is 0.749. The number of aliphatic imine (C=N–C) groups is 1. The number of nitrogens with zero attached hydrogens (tertiary/aromatic N) is 1. The molecule has 2 N–H and O–H groups in total. The quantitative estimate of drug-likeness (QED) is 0.561. The van der Waals surface area contributed by atoms with E-state index in [1.54, 1.807) is 11.3 Å². The van der Waals surface area contributed by atoms with Crippen molar-refractivity contribution in [3.05, 3.63) is 22.4 Å². The molecule has 1 aromatic rings. The molecule has 0 saturated carbocycles. The Morgan fingerprint density at radius 1 is 1.67 bits per heavy atom. The number of hydrogen-bond acceptors (Lipinski definition) is 2. The Morgan fingerprint density at radius 3 is 3.08 bits per heavy atom. The van der Waals surface area contributed by atoms with Gasteiger partial charge in [-0.1, -0.05) is 13.0 Å². The van der Waals surface area contributed by atoms with Crippen LogP contribution in [0.15, 0.2) is 22.5 Å². The zero-order chi connectivity index (χ0) is 8.81. The molecule has 1 rings (SSSR count). The van der Waals surface area contributed by atoms with Gasteiger partial charge in [-0.3, -0.25) is 4.99 Å². The lowest BCUT2D eigenvalue weighted by atomic mass is 10.3. The Hall–Kier alpha value is -0.830. The van der Waals surface area contributed by atoms with Gasteiger partial charge in [0.25, 0.3) is 0 Å². The van der Waals surface area contributed by atoms with Crippen LogP contribution in [0.1, 0.15) is 18.2 Å². The van der Waals surface area contributed by atoms with E-state index in [0.29, 0.717) is 0 Å². The minimum absolute atomic E-state index is 0.749. The minimum atomic E-state index is 0.749. The van der Waals surface area contributed by atoms with Crippen molar-refractivity contribution in [3.63, 3.8) is 0 Å². The van der Waals surface area contributed by atoms with Crippen molar-refractivity contribution in [1.82, 2.24) is 0 Å². The molecule has 0 spiro atoms. The molecule has 3 heteroatoms. The molecule has 0 fully saturated rings. The lowest BCUT2D eigenvalue weighted by molar-refractivity contribution is 0.925. The van der Waals surface area contributed by atoms with Crippen molar-refractivity contribution in [2.75, 3.05) is 6.54 Å². The molecule has 0 aliphatic rings. The second kappa shape index (κ2) is 4.93. The zero-order valence-electron chi connectivity index (χ0n) is 7.29. The van der Waals surface area contributed by atoms with Gasteiger partial charge >= 0.3 is 0 Å². The summed E-state index contributed by atoms with van der Waals surface area (Å²) >= 11 is 1.72. The first kappa shape index (κ1) is 9.26. The summed E-state index contributed by atoms with van der Waals surface area (Å²) in [6, 6.07) is 4.12. The van der Waals surface area contributed by atoms with Crippen LogP contribution in [0.2, 0.25) is 0 Å². The van der Waals surface area contributed by atoms with E-state index < -0.39 is 0 Å². The van der Waals surface area contributed by atoms with Crippen molar-refractivity contribution in [2.24, 2.45) is 10.7 Å². The van der Waals surface area contributed by atoms with Crippen LogP contribution in [0.3, 0.4) is 0 Å². The van der Waals surface area contributed by atoms with Gasteiger partial charge in [-0.15, -0.1) is 11.3 Å². The van der Waals surface area contributed by atoms with Crippen molar-refractivity contribution >= 4 is 17.2 Å². The fraction of sp³-hybridized carbons (Fsp3) is 0.444. The number of hydrogen-bond donors (Lipinski definition) is 1. The molecule has 0 radical (unpaired) electrons. The summed E-state index contributed by atoms with van der Waals surface area (Å²) in [7, 11) is 0. The van der Waals surface area contributed by atoms with Crippen molar-refractivity contribution in [2.45, 2.75) is 19.8 Å². The third kappa shape index (κ3) is 3.05. The average Bonchev–Trinajstić information content (AvgIpc) is 2.53. The number of thiophene rings is 1. The Morgan fingerprint density at radius 2 is 2.50 bits per heavy atom. The van der Waals surface area contributed by atoms with Gasteiger partial charge in [-0.2, -0.15) is 0 Å². The fourth-order valence-electron chi connectivity index (χ4n) is 0.903. The predicted octanol–water partition coefficient (Wildman–Crippen LogP) is 2.06. The van der Waals surface area contributed by atoms with E-state index in [2.05, 4.69) is 23.4 Å². The third-order valence-corrected chi connectivity index (χ3v) is 2.35. The molecule has 1 aromatic heterocycles. The average molecular weight is 182 g/mol. The summed E-state index contributed by atoms with van der Waals surface area (Å²) in [6.45, 7) is 2.94. The van der Waals surface area contributed by atoms with E-state index in [4.69, 9.17) is 5.73 Å².